The highest BCUT2D eigenvalue weighted by atomic mass is 32.2. The van der Waals surface area contributed by atoms with Gasteiger partial charge < -0.3 is 4.55 Å². The van der Waals surface area contributed by atoms with Crippen molar-refractivity contribution in [3.63, 3.8) is 0 Å². The summed E-state index contributed by atoms with van der Waals surface area (Å²) >= 11 is -2.36. The number of alkyl halides is 3. The zero-order valence-electron chi connectivity index (χ0n) is 14.8. The fourth-order valence-electron chi connectivity index (χ4n) is 2.93. The molecule has 1 unspecified atom stereocenters. The molecule has 1 heterocycles. The molecule has 29 heavy (non-hydrogen) atoms. The van der Waals surface area contributed by atoms with E-state index in [-0.39, 0.29) is 0 Å². The minimum Gasteiger partial charge on any atom is -0.760 e. The van der Waals surface area contributed by atoms with Gasteiger partial charge in [-0.25, -0.2) is 4.68 Å². The number of halogens is 3. The van der Waals surface area contributed by atoms with E-state index in [9.17, 15) is 13.2 Å². The quantitative estimate of drug-likeness (QED) is 0.488. The van der Waals surface area contributed by atoms with Gasteiger partial charge in [0.15, 0.2) is 5.69 Å². The van der Waals surface area contributed by atoms with Crippen molar-refractivity contribution in [1.29, 1.82) is 0 Å². The van der Waals surface area contributed by atoms with E-state index in [1.54, 1.807) is 24.3 Å². The van der Waals surface area contributed by atoms with Gasteiger partial charge in [0.1, 0.15) is 0 Å². The molecule has 2 N–H and O–H groups in total. The highest BCUT2D eigenvalue weighted by molar-refractivity contribution is 7.76. The molecule has 0 bridgehead atoms. The molecule has 0 fully saturated rings. The molecular formula is C20H15F3N3O2S-. The standard InChI is InChI=1S/C20H13F3N2.H3NO2S/c21-20(22,23)19-13-18(25(24-19)15-9-2-1-3-10-15)17-12-6-8-14-7-4-5-11-16(14)17;1-4(2)3/h1-13H;1H2,(H,2,3)/p-1. The van der Waals surface area contributed by atoms with Crippen molar-refractivity contribution >= 4 is 22.0 Å². The molecule has 0 saturated heterocycles. The van der Waals surface area contributed by atoms with Gasteiger partial charge >= 0.3 is 6.18 Å². The lowest BCUT2D eigenvalue weighted by Gasteiger charge is -2.10. The molecule has 0 aliphatic rings. The average Bonchev–Trinajstić information content (AvgIpc) is 3.13. The molecule has 0 aliphatic heterocycles. The molecule has 5 nitrogen and oxygen atoms in total. The summed E-state index contributed by atoms with van der Waals surface area (Å²) in [6.45, 7) is 0. The summed E-state index contributed by atoms with van der Waals surface area (Å²) < 4.78 is 58.7. The predicted molar refractivity (Wildman–Crippen MR) is 105 cm³/mol. The molecule has 4 aromatic rings. The molecule has 1 aromatic heterocycles. The van der Waals surface area contributed by atoms with E-state index in [0.29, 0.717) is 16.9 Å². The first-order valence-corrected chi connectivity index (χ1v) is 9.45. The molecule has 0 spiro atoms. The summed E-state index contributed by atoms with van der Waals surface area (Å²) in [6, 6.07) is 23.2. The summed E-state index contributed by atoms with van der Waals surface area (Å²) in [5, 5.41) is 9.71. The van der Waals surface area contributed by atoms with Crippen molar-refractivity contribution in [3.05, 3.63) is 84.6 Å². The Morgan fingerprint density at radius 3 is 2.17 bits per heavy atom. The first-order valence-electron chi connectivity index (χ1n) is 8.32. The minimum atomic E-state index is -4.50. The highest BCUT2D eigenvalue weighted by Gasteiger charge is 2.35. The van der Waals surface area contributed by atoms with Crippen LogP contribution in [0.1, 0.15) is 5.69 Å². The van der Waals surface area contributed by atoms with Gasteiger partial charge in [-0.05, 0) is 29.0 Å². The molecular weight excluding hydrogens is 403 g/mol. The Kier molecular flexibility index (Phi) is 6.12. The van der Waals surface area contributed by atoms with E-state index in [0.717, 1.165) is 16.8 Å². The number of benzene rings is 3. The second-order valence-corrected chi connectivity index (χ2v) is 6.47. The number of hydrogen-bond donors (Lipinski definition) is 1. The van der Waals surface area contributed by atoms with Crippen LogP contribution in [-0.4, -0.2) is 18.5 Å². The van der Waals surface area contributed by atoms with Crippen LogP contribution >= 0.6 is 0 Å². The van der Waals surface area contributed by atoms with Crippen LogP contribution in [0, 0.1) is 0 Å². The third-order valence-corrected chi connectivity index (χ3v) is 4.07. The maximum absolute atomic E-state index is 13.3. The van der Waals surface area contributed by atoms with E-state index < -0.39 is 23.1 Å². The van der Waals surface area contributed by atoms with Crippen LogP contribution in [0.2, 0.25) is 0 Å². The van der Waals surface area contributed by atoms with E-state index in [2.05, 4.69) is 10.2 Å². The predicted octanol–water partition coefficient (Wildman–Crippen LogP) is 4.45. The number of nitrogens with zero attached hydrogens (tertiary/aromatic N) is 2. The lowest BCUT2D eigenvalue weighted by Crippen LogP contribution is -2.07. The number of nitrogens with two attached hydrogens (primary N) is 1. The molecule has 0 amide bonds. The summed E-state index contributed by atoms with van der Waals surface area (Å²) in [5.74, 6) is 0. The van der Waals surface area contributed by atoms with Crippen molar-refractivity contribution in [2.75, 3.05) is 0 Å². The van der Waals surface area contributed by atoms with Gasteiger partial charge in [0.2, 0.25) is 0 Å². The van der Waals surface area contributed by atoms with Crippen LogP contribution in [0.25, 0.3) is 27.7 Å². The largest absolute Gasteiger partial charge is 0.760 e. The number of fused-ring (bicyclic) bond motifs is 1. The van der Waals surface area contributed by atoms with Crippen LogP contribution < -0.4 is 5.14 Å². The summed E-state index contributed by atoms with van der Waals surface area (Å²) in [5.41, 5.74) is 0.806. The number of rotatable bonds is 2. The molecule has 1 atom stereocenters. The van der Waals surface area contributed by atoms with Crippen LogP contribution in [0.5, 0.6) is 0 Å². The normalized spacial score (nSPS) is 12.3. The topological polar surface area (TPSA) is 84.0 Å². The van der Waals surface area contributed by atoms with E-state index in [1.807, 2.05) is 48.5 Å². The van der Waals surface area contributed by atoms with Crippen LogP contribution in [0.4, 0.5) is 13.2 Å². The maximum Gasteiger partial charge on any atom is 0.435 e. The third kappa shape index (κ3) is 4.89. The highest BCUT2D eigenvalue weighted by Crippen LogP contribution is 2.35. The molecule has 0 radical (unpaired) electrons. The van der Waals surface area contributed by atoms with E-state index >= 15 is 0 Å². The summed E-state index contributed by atoms with van der Waals surface area (Å²) in [4.78, 5) is 0. The molecule has 4 rings (SSSR count). The third-order valence-electron chi connectivity index (χ3n) is 4.07. The van der Waals surface area contributed by atoms with Crippen molar-refractivity contribution < 1.29 is 21.9 Å². The minimum absolute atomic E-state index is 0.412. The van der Waals surface area contributed by atoms with E-state index in [4.69, 9.17) is 8.76 Å². The summed E-state index contributed by atoms with van der Waals surface area (Å²) in [6.07, 6.45) is -4.50. The molecule has 0 saturated carbocycles. The van der Waals surface area contributed by atoms with Crippen molar-refractivity contribution in [2.24, 2.45) is 5.14 Å². The SMILES string of the molecule is FC(F)(F)c1cc(-c2cccc3ccccc23)n(-c2ccccc2)n1.NS(=O)[O-]. The van der Waals surface area contributed by atoms with Crippen LogP contribution in [-0.2, 0) is 17.4 Å². The zero-order valence-corrected chi connectivity index (χ0v) is 15.7. The smallest absolute Gasteiger partial charge is 0.435 e. The lowest BCUT2D eigenvalue weighted by atomic mass is 10.0. The van der Waals surface area contributed by atoms with Crippen molar-refractivity contribution in [2.45, 2.75) is 6.18 Å². The van der Waals surface area contributed by atoms with Gasteiger partial charge in [-0.3, -0.25) is 9.35 Å². The van der Waals surface area contributed by atoms with Crippen LogP contribution in [0.3, 0.4) is 0 Å². The van der Waals surface area contributed by atoms with Gasteiger partial charge in [-0.15, -0.1) is 0 Å². The molecule has 0 aliphatic carbocycles. The number of aromatic nitrogens is 2. The molecule has 9 heteroatoms. The Hall–Kier alpha value is -3.01. The van der Waals surface area contributed by atoms with Gasteiger partial charge in [0.25, 0.3) is 0 Å². The van der Waals surface area contributed by atoms with Gasteiger partial charge in [0, 0.05) is 16.8 Å². The van der Waals surface area contributed by atoms with Gasteiger partial charge in [0.05, 0.1) is 11.4 Å². The van der Waals surface area contributed by atoms with E-state index in [1.165, 1.54) is 4.68 Å². The maximum atomic E-state index is 13.3. The zero-order chi connectivity index (χ0) is 21.0. The van der Waals surface area contributed by atoms with Crippen molar-refractivity contribution in [3.8, 4) is 16.9 Å². The first kappa shape index (κ1) is 20.7. The summed E-state index contributed by atoms with van der Waals surface area (Å²) in [7, 11) is 0. The van der Waals surface area contributed by atoms with Gasteiger partial charge in [-0.2, -0.15) is 18.3 Å². The second-order valence-electron chi connectivity index (χ2n) is 5.95. The number of hydrogen-bond acceptors (Lipinski definition) is 3. The fraction of sp³-hybridized carbons (Fsp3) is 0.0500. The Morgan fingerprint density at radius 2 is 1.52 bits per heavy atom. The van der Waals surface area contributed by atoms with Crippen molar-refractivity contribution in [1.82, 2.24) is 9.78 Å². The van der Waals surface area contributed by atoms with Gasteiger partial charge in [-0.1, -0.05) is 60.7 Å². The molecule has 150 valence electrons. The second kappa shape index (κ2) is 8.56. The Morgan fingerprint density at radius 1 is 0.931 bits per heavy atom. The monoisotopic (exact) mass is 418 g/mol. The van der Waals surface area contributed by atoms with Crippen LogP contribution in [0.15, 0.2) is 78.9 Å². The average molecular weight is 418 g/mol. The number of para-hydroxylation sites is 1. The molecule has 3 aromatic carbocycles. The Bertz CT molecular complexity index is 1140. The Labute approximate surface area is 167 Å². The Balaban J connectivity index is 0.000000552. The first-order chi connectivity index (χ1) is 13.8. The lowest BCUT2D eigenvalue weighted by molar-refractivity contribution is -0.141. The fourth-order valence-corrected chi connectivity index (χ4v) is 2.93.